The molecule has 1 aliphatic heterocycles. The van der Waals surface area contributed by atoms with Crippen LogP contribution in [-0.4, -0.2) is 50.0 Å². The van der Waals surface area contributed by atoms with Gasteiger partial charge in [0.2, 0.25) is 11.7 Å². The minimum absolute atomic E-state index is 0.0418. The molecule has 1 atom stereocenters. The van der Waals surface area contributed by atoms with Crippen LogP contribution in [0.25, 0.3) is 11.5 Å². The maximum Gasteiger partial charge on any atom is 0.308 e. The number of piperidine rings is 1. The number of benzene rings is 1. The van der Waals surface area contributed by atoms with E-state index in [1.54, 1.807) is 42.9 Å². The van der Waals surface area contributed by atoms with Gasteiger partial charge in [0.25, 0.3) is 5.91 Å². The number of aromatic nitrogens is 4. The highest BCUT2D eigenvalue weighted by molar-refractivity contribution is 5.94. The number of hydrogen-bond donors (Lipinski definition) is 0. The Morgan fingerprint density at radius 1 is 1.23 bits per heavy atom. The van der Waals surface area contributed by atoms with Gasteiger partial charge >= 0.3 is 5.97 Å². The number of carbonyl (C=O) groups excluding carboxylic acids is 2. The second-order valence-electron chi connectivity index (χ2n) is 7.18. The van der Waals surface area contributed by atoms with Crippen molar-refractivity contribution < 1.29 is 18.8 Å². The molecule has 4 rings (SSSR count). The monoisotopic (exact) mass is 407 g/mol. The number of ether oxygens (including phenoxy) is 1. The Bertz CT molecular complexity index is 1020. The van der Waals surface area contributed by atoms with Crippen LogP contribution in [0.1, 0.15) is 36.0 Å². The summed E-state index contributed by atoms with van der Waals surface area (Å²) in [5.74, 6) is 1.16. The third kappa shape index (κ3) is 4.68. The summed E-state index contributed by atoms with van der Waals surface area (Å²) in [5.41, 5.74) is 1.12. The molecule has 0 radical (unpaired) electrons. The fourth-order valence-electron chi connectivity index (χ4n) is 3.53. The van der Waals surface area contributed by atoms with E-state index in [1.165, 1.54) is 6.92 Å². The molecule has 9 heteroatoms. The topological polar surface area (TPSA) is 111 Å². The van der Waals surface area contributed by atoms with E-state index in [2.05, 4.69) is 20.1 Å². The van der Waals surface area contributed by atoms with Gasteiger partial charge in [-0.05, 0) is 43.0 Å². The van der Waals surface area contributed by atoms with Crippen LogP contribution in [0.15, 0.2) is 47.4 Å². The molecule has 0 aliphatic carbocycles. The number of hydrogen-bond acceptors (Lipinski definition) is 8. The first-order valence-corrected chi connectivity index (χ1v) is 9.75. The van der Waals surface area contributed by atoms with Gasteiger partial charge in [0.15, 0.2) is 0 Å². The van der Waals surface area contributed by atoms with Crippen molar-refractivity contribution in [1.82, 2.24) is 25.0 Å². The summed E-state index contributed by atoms with van der Waals surface area (Å²) in [4.78, 5) is 38.3. The predicted octanol–water partition coefficient (Wildman–Crippen LogP) is 2.55. The summed E-state index contributed by atoms with van der Waals surface area (Å²) in [7, 11) is 0. The summed E-state index contributed by atoms with van der Waals surface area (Å²) >= 11 is 0. The van der Waals surface area contributed by atoms with E-state index in [4.69, 9.17) is 9.26 Å². The predicted molar refractivity (Wildman–Crippen MR) is 105 cm³/mol. The molecule has 0 spiro atoms. The molecule has 30 heavy (non-hydrogen) atoms. The molecule has 0 bridgehead atoms. The first-order chi connectivity index (χ1) is 14.6. The van der Waals surface area contributed by atoms with Crippen LogP contribution in [0.3, 0.4) is 0 Å². The van der Waals surface area contributed by atoms with Gasteiger partial charge in [-0.2, -0.15) is 4.98 Å². The van der Waals surface area contributed by atoms with Gasteiger partial charge in [-0.25, -0.2) is 4.98 Å². The standard InChI is InChI=1S/C21H21N5O4/c1-14(27)29-17-6-4-16(5-7-17)21(28)26-10-2-3-15(13-26)11-19-24-20(25-30-19)18-12-22-8-9-23-18/h4-9,12,15H,2-3,10-11,13H2,1H3. The summed E-state index contributed by atoms with van der Waals surface area (Å²) in [5, 5.41) is 3.98. The first kappa shape index (κ1) is 19.7. The lowest BCUT2D eigenvalue weighted by molar-refractivity contribution is -0.131. The van der Waals surface area contributed by atoms with E-state index in [1.807, 2.05) is 4.90 Å². The Labute approximate surface area is 173 Å². The van der Waals surface area contributed by atoms with Crippen LogP contribution < -0.4 is 4.74 Å². The van der Waals surface area contributed by atoms with Crippen LogP contribution in [0, 0.1) is 5.92 Å². The number of amides is 1. The fraction of sp³-hybridized carbons (Fsp3) is 0.333. The average molecular weight is 407 g/mol. The van der Waals surface area contributed by atoms with Gasteiger partial charge in [-0.1, -0.05) is 5.16 Å². The molecule has 9 nitrogen and oxygen atoms in total. The van der Waals surface area contributed by atoms with E-state index in [9.17, 15) is 9.59 Å². The zero-order valence-electron chi connectivity index (χ0n) is 16.5. The lowest BCUT2D eigenvalue weighted by atomic mass is 9.94. The average Bonchev–Trinajstić information content (AvgIpc) is 3.23. The number of carbonyl (C=O) groups is 2. The van der Waals surface area contributed by atoms with Gasteiger partial charge in [0.05, 0.1) is 6.20 Å². The number of esters is 1. The Hall–Kier alpha value is -3.62. The maximum absolute atomic E-state index is 12.9. The molecule has 1 amide bonds. The minimum atomic E-state index is -0.392. The van der Waals surface area contributed by atoms with E-state index >= 15 is 0 Å². The van der Waals surface area contributed by atoms with Crippen LogP contribution in [-0.2, 0) is 11.2 Å². The lowest BCUT2D eigenvalue weighted by Crippen LogP contribution is -2.40. The van der Waals surface area contributed by atoms with Crippen LogP contribution >= 0.6 is 0 Å². The van der Waals surface area contributed by atoms with Crippen molar-refractivity contribution >= 4 is 11.9 Å². The normalized spacial score (nSPS) is 16.3. The number of rotatable bonds is 5. The molecule has 0 saturated carbocycles. The molecule has 0 N–H and O–H groups in total. The second-order valence-corrected chi connectivity index (χ2v) is 7.18. The molecule has 3 aromatic rings. The Morgan fingerprint density at radius 2 is 2.07 bits per heavy atom. The number of nitrogens with zero attached hydrogens (tertiary/aromatic N) is 5. The quantitative estimate of drug-likeness (QED) is 0.469. The van der Waals surface area contributed by atoms with Gasteiger partial charge in [0, 0.05) is 44.4 Å². The van der Waals surface area contributed by atoms with E-state index < -0.39 is 5.97 Å². The van der Waals surface area contributed by atoms with Crippen LogP contribution in [0.4, 0.5) is 0 Å². The molecule has 1 aliphatic rings. The highest BCUT2D eigenvalue weighted by Gasteiger charge is 2.26. The largest absolute Gasteiger partial charge is 0.427 e. The molecule has 3 heterocycles. The van der Waals surface area contributed by atoms with E-state index in [-0.39, 0.29) is 11.8 Å². The summed E-state index contributed by atoms with van der Waals surface area (Å²) in [6.45, 7) is 2.66. The molecule has 1 aromatic carbocycles. The molecule has 1 fully saturated rings. The minimum Gasteiger partial charge on any atom is -0.427 e. The van der Waals surface area contributed by atoms with Crippen molar-refractivity contribution in [1.29, 1.82) is 0 Å². The molecular weight excluding hydrogens is 386 g/mol. The van der Waals surface area contributed by atoms with Gasteiger partial charge in [-0.15, -0.1) is 0 Å². The fourth-order valence-corrected chi connectivity index (χ4v) is 3.53. The summed E-state index contributed by atoms with van der Waals surface area (Å²) < 4.78 is 10.4. The Kier molecular flexibility index (Phi) is 5.78. The van der Waals surface area contributed by atoms with Crippen molar-refractivity contribution in [2.24, 2.45) is 5.92 Å². The van der Waals surface area contributed by atoms with Gasteiger partial charge in [-0.3, -0.25) is 14.6 Å². The lowest BCUT2D eigenvalue weighted by Gasteiger charge is -2.32. The number of likely N-dealkylation sites (tertiary alicyclic amines) is 1. The van der Waals surface area contributed by atoms with Crippen LogP contribution in [0.2, 0.25) is 0 Å². The van der Waals surface area contributed by atoms with Gasteiger partial charge in [0.1, 0.15) is 11.4 Å². The summed E-state index contributed by atoms with van der Waals surface area (Å²) in [6, 6.07) is 6.61. The summed E-state index contributed by atoms with van der Waals surface area (Å²) in [6.07, 6.45) is 7.24. The SMILES string of the molecule is CC(=O)Oc1ccc(C(=O)N2CCCC(Cc3nc(-c4cnccn4)no3)C2)cc1. The molecule has 1 saturated heterocycles. The molecular formula is C21H21N5O4. The molecule has 2 aromatic heterocycles. The smallest absolute Gasteiger partial charge is 0.308 e. The van der Waals surface area contributed by atoms with Crippen molar-refractivity contribution in [3.05, 3.63) is 54.3 Å². The Morgan fingerprint density at radius 3 is 2.80 bits per heavy atom. The molecule has 154 valence electrons. The van der Waals surface area contributed by atoms with Crippen molar-refractivity contribution in [2.45, 2.75) is 26.2 Å². The second kappa shape index (κ2) is 8.81. The first-order valence-electron chi connectivity index (χ1n) is 9.75. The molecule has 1 unspecified atom stereocenters. The highest BCUT2D eigenvalue weighted by atomic mass is 16.5. The van der Waals surface area contributed by atoms with Crippen LogP contribution in [0.5, 0.6) is 5.75 Å². The highest BCUT2D eigenvalue weighted by Crippen LogP contribution is 2.23. The van der Waals surface area contributed by atoms with Crippen molar-refractivity contribution in [2.75, 3.05) is 13.1 Å². The third-order valence-corrected chi connectivity index (χ3v) is 4.89. The van der Waals surface area contributed by atoms with Gasteiger partial charge < -0.3 is 14.2 Å². The van der Waals surface area contributed by atoms with E-state index in [0.29, 0.717) is 48.2 Å². The Balaban J connectivity index is 1.38. The zero-order valence-corrected chi connectivity index (χ0v) is 16.5. The van der Waals surface area contributed by atoms with Crippen molar-refractivity contribution in [3.8, 4) is 17.3 Å². The zero-order chi connectivity index (χ0) is 20.9. The van der Waals surface area contributed by atoms with E-state index in [0.717, 1.165) is 12.8 Å². The maximum atomic E-state index is 12.9. The third-order valence-electron chi connectivity index (χ3n) is 4.89. The van der Waals surface area contributed by atoms with Crippen molar-refractivity contribution in [3.63, 3.8) is 0 Å².